The van der Waals surface area contributed by atoms with Crippen LogP contribution in [0.4, 0.5) is 0 Å². The van der Waals surface area contributed by atoms with Crippen LogP contribution in [-0.2, 0) is 11.3 Å². The van der Waals surface area contributed by atoms with Gasteiger partial charge in [-0.15, -0.1) is 0 Å². The van der Waals surface area contributed by atoms with Gasteiger partial charge in [0.05, 0.1) is 18.1 Å². The molecule has 3 heterocycles. The monoisotopic (exact) mass is 278 g/mol. The molecule has 0 bridgehead atoms. The number of rotatable bonds is 4. The molecule has 2 atom stereocenters. The number of aliphatic hydroxyl groups excluding tert-OH is 1. The number of aliphatic hydroxyl groups is 1. The highest BCUT2D eigenvalue weighted by molar-refractivity contribution is 5.74. The Morgan fingerprint density at radius 2 is 2.35 bits per heavy atom. The number of furan rings is 1. The maximum atomic E-state index is 11.1. The van der Waals surface area contributed by atoms with E-state index < -0.39 is 18.1 Å². The molecule has 0 amide bonds. The Balaban J connectivity index is 1.73. The molecular weight excluding hydrogens is 264 g/mol. The molecule has 7 nitrogen and oxygen atoms in total. The predicted molar refractivity (Wildman–Crippen MR) is 66.7 cm³/mol. The molecule has 1 saturated heterocycles. The van der Waals surface area contributed by atoms with Crippen LogP contribution < -0.4 is 0 Å². The molecule has 1 fully saturated rings. The van der Waals surface area contributed by atoms with Crippen molar-refractivity contribution >= 4 is 5.97 Å². The molecule has 7 heteroatoms. The van der Waals surface area contributed by atoms with Crippen LogP contribution >= 0.6 is 0 Å². The minimum atomic E-state index is -0.934. The van der Waals surface area contributed by atoms with Crippen molar-refractivity contribution < 1.29 is 23.9 Å². The summed E-state index contributed by atoms with van der Waals surface area (Å²) in [6.07, 6.45) is 1.15. The summed E-state index contributed by atoms with van der Waals surface area (Å²) < 4.78 is 10.4. The highest BCUT2D eigenvalue weighted by Crippen LogP contribution is 2.24. The summed E-state index contributed by atoms with van der Waals surface area (Å²) in [5, 5.41) is 22.6. The zero-order valence-corrected chi connectivity index (χ0v) is 10.6. The molecule has 0 radical (unpaired) electrons. The summed E-state index contributed by atoms with van der Waals surface area (Å²) in [7, 11) is 0. The lowest BCUT2D eigenvalue weighted by Crippen LogP contribution is -2.35. The molecule has 2 N–H and O–H groups in total. The number of hydrogen-bond donors (Lipinski definition) is 2. The smallest absolute Gasteiger partial charge is 0.321 e. The van der Waals surface area contributed by atoms with Crippen LogP contribution in [0.25, 0.3) is 11.5 Å². The van der Waals surface area contributed by atoms with E-state index in [-0.39, 0.29) is 6.42 Å². The number of carboxylic acid groups (broad SMARTS) is 1. The Kier molecular flexibility index (Phi) is 3.29. The van der Waals surface area contributed by atoms with Crippen LogP contribution in [0.2, 0.25) is 0 Å². The third kappa shape index (κ3) is 2.45. The molecule has 3 rings (SSSR count). The quantitative estimate of drug-likeness (QED) is 0.858. The topological polar surface area (TPSA) is 99.9 Å². The molecule has 0 aliphatic carbocycles. The molecule has 1 aliphatic heterocycles. The van der Waals surface area contributed by atoms with Crippen molar-refractivity contribution in [1.29, 1.82) is 0 Å². The lowest BCUT2D eigenvalue weighted by Gasteiger charge is -2.18. The molecule has 1 aliphatic rings. The number of aliphatic carboxylic acids is 1. The van der Waals surface area contributed by atoms with E-state index in [0.29, 0.717) is 30.3 Å². The van der Waals surface area contributed by atoms with Gasteiger partial charge in [-0.05, 0) is 12.1 Å². The second-order valence-electron chi connectivity index (χ2n) is 4.83. The molecule has 0 saturated carbocycles. The van der Waals surface area contributed by atoms with Crippen molar-refractivity contribution in [2.45, 2.75) is 25.1 Å². The minimum Gasteiger partial charge on any atom is -0.480 e. The molecule has 2 unspecified atom stereocenters. The number of β-amino-alcohol motifs (C(OH)–C–C–N with tert-alkyl or cyclic N) is 1. The van der Waals surface area contributed by atoms with Crippen molar-refractivity contribution in [2.24, 2.45) is 0 Å². The SMILES string of the molecule is O=C(O)C1CC(O)CN1Cc1cc(-c2ccco2)on1. The van der Waals surface area contributed by atoms with Crippen LogP contribution in [-0.4, -0.2) is 44.9 Å². The van der Waals surface area contributed by atoms with Crippen molar-refractivity contribution in [3.05, 3.63) is 30.2 Å². The summed E-state index contributed by atoms with van der Waals surface area (Å²) in [6, 6.07) is 4.52. The van der Waals surface area contributed by atoms with E-state index in [1.54, 1.807) is 23.1 Å². The second-order valence-corrected chi connectivity index (χ2v) is 4.83. The average Bonchev–Trinajstić information content (AvgIpc) is 3.09. The Morgan fingerprint density at radius 3 is 3.05 bits per heavy atom. The molecular formula is C13H14N2O5. The third-order valence-electron chi connectivity index (χ3n) is 3.35. The van der Waals surface area contributed by atoms with Gasteiger partial charge >= 0.3 is 5.97 Å². The molecule has 2 aromatic heterocycles. The summed E-state index contributed by atoms with van der Waals surface area (Å²) in [4.78, 5) is 12.8. The van der Waals surface area contributed by atoms with Gasteiger partial charge in [-0.1, -0.05) is 5.16 Å². The van der Waals surface area contributed by atoms with Crippen LogP contribution in [0.15, 0.2) is 33.4 Å². The van der Waals surface area contributed by atoms with Gasteiger partial charge in [0.1, 0.15) is 6.04 Å². The van der Waals surface area contributed by atoms with E-state index in [2.05, 4.69) is 5.16 Å². The molecule has 0 spiro atoms. The maximum absolute atomic E-state index is 11.1. The Hall–Kier alpha value is -2.12. The molecule has 2 aromatic rings. The fourth-order valence-electron chi connectivity index (χ4n) is 2.44. The number of carbonyl (C=O) groups is 1. The van der Waals surface area contributed by atoms with Gasteiger partial charge in [-0.2, -0.15) is 0 Å². The fraction of sp³-hybridized carbons (Fsp3) is 0.385. The van der Waals surface area contributed by atoms with Gasteiger partial charge in [-0.3, -0.25) is 9.69 Å². The molecule has 20 heavy (non-hydrogen) atoms. The van der Waals surface area contributed by atoms with Gasteiger partial charge < -0.3 is 19.2 Å². The van der Waals surface area contributed by atoms with Gasteiger partial charge in [0, 0.05) is 25.6 Å². The number of carboxylic acids is 1. The van der Waals surface area contributed by atoms with E-state index >= 15 is 0 Å². The van der Waals surface area contributed by atoms with Gasteiger partial charge in [0.2, 0.25) is 5.76 Å². The van der Waals surface area contributed by atoms with E-state index in [4.69, 9.17) is 14.0 Å². The standard InChI is InChI=1S/C13H14N2O5/c16-9-5-10(13(17)18)15(7-9)6-8-4-12(20-14-8)11-2-1-3-19-11/h1-4,9-10,16H,5-7H2,(H,17,18). The van der Waals surface area contributed by atoms with Crippen molar-refractivity contribution in [3.63, 3.8) is 0 Å². The Bertz CT molecular complexity index is 592. The summed E-state index contributed by atoms with van der Waals surface area (Å²) in [5.74, 6) is 0.132. The van der Waals surface area contributed by atoms with Crippen molar-refractivity contribution in [2.75, 3.05) is 6.54 Å². The zero-order valence-electron chi connectivity index (χ0n) is 10.6. The lowest BCUT2D eigenvalue weighted by atomic mass is 10.2. The van der Waals surface area contributed by atoms with E-state index in [1.807, 2.05) is 0 Å². The van der Waals surface area contributed by atoms with Crippen LogP contribution in [0.5, 0.6) is 0 Å². The third-order valence-corrected chi connectivity index (χ3v) is 3.35. The fourth-order valence-corrected chi connectivity index (χ4v) is 2.44. The first-order chi connectivity index (χ1) is 9.63. The predicted octanol–water partition coefficient (Wildman–Crippen LogP) is 0.954. The van der Waals surface area contributed by atoms with Crippen molar-refractivity contribution in [1.82, 2.24) is 10.1 Å². The summed E-state index contributed by atoms with van der Waals surface area (Å²) in [6.45, 7) is 0.637. The van der Waals surface area contributed by atoms with E-state index in [0.717, 1.165) is 0 Å². The number of hydrogen-bond acceptors (Lipinski definition) is 6. The molecule has 106 valence electrons. The van der Waals surface area contributed by atoms with Crippen LogP contribution in [0.1, 0.15) is 12.1 Å². The van der Waals surface area contributed by atoms with E-state index in [9.17, 15) is 9.90 Å². The summed E-state index contributed by atoms with van der Waals surface area (Å²) in [5.41, 5.74) is 0.608. The largest absolute Gasteiger partial charge is 0.480 e. The maximum Gasteiger partial charge on any atom is 0.321 e. The van der Waals surface area contributed by atoms with Gasteiger partial charge in [0.15, 0.2) is 5.76 Å². The van der Waals surface area contributed by atoms with Crippen LogP contribution in [0, 0.1) is 0 Å². The zero-order chi connectivity index (χ0) is 14.1. The lowest BCUT2D eigenvalue weighted by molar-refractivity contribution is -0.142. The first-order valence-electron chi connectivity index (χ1n) is 6.28. The minimum absolute atomic E-state index is 0.234. The second kappa shape index (κ2) is 5.10. The van der Waals surface area contributed by atoms with Gasteiger partial charge in [0.25, 0.3) is 0 Å². The normalized spacial score (nSPS) is 23.2. The number of likely N-dealkylation sites (tertiary alicyclic amines) is 1. The number of aromatic nitrogens is 1. The number of nitrogens with zero attached hydrogens (tertiary/aromatic N) is 2. The molecule has 0 aromatic carbocycles. The highest BCUT2D eigenvalue weighted by Gasteiger charge is 2.36. The average molecular weight is 278 g/mol. The van der Waals surface area contributed by atoms with Gasteiger partial charge in [-0.25, -0.2) is 0 Å². The van der Waals surface area contributed by atoms with Crippen LogP contribution in [0.3, 0.4) is 0 Å². The summed E-state index contributed by atoms with van der Waals surface area (Å²) >= 11 is 0. The first kappa shape index (κ1) is 12.9. The van der Waals surface area contributed by atoms with E-state index in [1.165, 1.54) is 6.26 Å². The van der Waals surface area contributed by atoms with Crippen molar-refractivity contribution in [3.8, 4) is 11.5 Å². The highest BCUT2D eigenvalue weighted by atomic mass is 16.5. The first-order valence-corrected chi connectivity index (χ1v) is 6.28. The Morgan fingerprint density at radius 1 is 1.50 bits per heavy atom. The Labute approximate surface area is 114 Å².